The number of aromatic amines is 2. The van der Waals surface area contributed by atoms with Crippen LogP contribution in [-0.4, -0.2) is 91.3 Å². The fraction of sp³-hybridized carbons (Fsp3) is 0.345. The van der Waals surface area contributed by atoms with Crippen molar-refractivity contribution in [3.05, 3.63) is 148 Å². The molecule has 4 aromatic heterocycles. The smallest absolute Gasteiger partial charge is 0.223 e. The minimum Gasteiger partial charge on any atom is -0.360 e. The van der Waals surface area contributed by atoms with Crippen LogP contribution in [-0.2, 0) is 17.7 Å². The van der Waals surface area contributed by atoms with Gasteiger partial charge < -0.3 is 25.2 Å². The van der Waals surface area contributed by atoms with Gasteiger partial charge in [-0.25, -0.2) is 19.9 Å². The molecule has 6 heterocycles. The molecule has 0 spiro atoms. The van der Waals surface area contributed by atoms with E-state index in [1.165, 1.54) is 11.1 Å². The average Bonchev–Trinajstić information content (AvgIpc) is 3.97. The molecule has 0 bridgehead atoms. The molecule has 374 valence electrons. The van der Waals surface area contributed by atoms with E-state index >= 15 is 0 Å². The van der Waals surface area contributed by atoms with Gasteiger partial charge in [0.2, 0.25) is 11.9 Å². The van der Waals surface area contributed by atoms with Crippen molar-refractivity contribution in [3.63, 3.8) is 0 Å². The summed E-state index contributed by atoms with van der Waals surface area (Å²) in [5.74, 6) is 1.25. The summed E-state index contributed by atoms with van der Waals surface area (Å²) in [7, 11) is -2.69. The predicted molar refractivity (Wildman–Crippen MR) is 299 cm³/mol. The van der Waals surface area contributed by atoms with E-state index in [1.807, 2.05) is 56.8 Å². The van der Waals surface area contributed by atoms with Crippen molar-refractivity contribution in [1.82, 2.24) is 39.7 Å². The quantitative estimate of drug-likeness (QED) is 0.0906. The fourth-order valence-electron chi connectivity index (χ4n) is 11.1. The van der Waals surface area contributed by atoms with Gasteiger partial charge in [-0.1, -0.05) is 100 Å². The van der Waals surface area contributed by atoms with Crippen LogP contribution in [0.15, 0.2) is 114 Å². The molecule has 0 radical (unpaired) electrons. The molecule has 73 heavy (non-hydrogen) atoms. The number of nitrogens with one attached hydrogen (secondary N) is 4. The Morgan fingerprint density at radius 3 is 1.56 bits per heavy atom. The van der Waals surface area contributed by atoms with Gasteiger partial charge in [-0.2, -0.15) is 10.5 Å². The zero-order valence-corrected chi connectivity index (χ0v) is 45.5. The van der Waals surface area contributed by atoms with Gasteiger partial charge in [-0.3, -0.25) is 9.80 Å². The number of aromatic nitrogens is 6. The number of benzene rings is 4. The molecule has 2 aliphatic rings. The first kappa shape index (κ1) is 51.2. The van der Waals surface area contributed by atoms with Gasteiger partial charge in [0.15, 0.2) is 0 Å². The molecule has 2 aliphatic heterocycles. The second-order valence-electron chi connectivity index (χ2n) is 21.9. The first-order valence-electron chi connectivity index (χ1n) is 24.9. The van der Waals surface area contributed by atoms with Crippen LogP contribution >= 0.6 is 23.1 Å². The normalized spacial score (nSPS) is 17.8. The largest absolute Gasteiger partial charge is 0.360 e. The molecule has 0 amide bonds. The molecule has 13 nitrogen and oxygen atoms in total. The van der Waals surface area contributed by atoms with Crippen LogP contribution in [0.4, 0.5) is 11.9 Å². The Morgan fingerprint density at radius 1 is 0.671 bits per heavy atom. The number of H-pyrrole nitrogens is 2. The number of halogens is 1. The number of hydrogen-bond donors (Lipinski definition) is 4. The number of hydrogen-bond acceptors (Lipinski definition) is 11. The van der Waals surface area contributed by atoms with Gasteiger partial charge >= 0.3 is 0 Å². The second-order valence-corrected chi connectivity index (χ2v) is 25.8. The predicted octanol–water partition coefficient (Wildman–Crippen LogP) is 12.0. The second kappa shape index (κ2) is 21.0. The van der Waals surface area contributed by atoms with Crippen molar-refractivity contribution in [2.24, 2.45) is 10.8 Å². The van der Waals surface area contributed by atoms with Crippen molar-refractivity contribution in [2.45, 2.75) is 79.6 Å². The summed E-state index contributed by atoms with van der Waals surface area (Å²) in [4.78, 5) is 30.8. The third-order valence-electron chi connectivity index (χ3n) is 13.9. The summed E-state index contributed by atoms with van der Waals surface area (Å²) in [5, 5.41) is 28.8. The van der Waals surface area contributed by atoms with Crippen molar-refractivity contribution < 1.29 is 4.57 Å². The number of fused-ring (bicyclic) bond motifs is 2. The molecule has 0 unspecified atom stereocenters. The Kier molecular flexibility index (Phi) is 14.8. The van der Waals surface area contributed by atoms with Crippen LogP contribution in [0.2, 0.25) is 0 Å². The zero-order valence-electron chi connectivity index (χ0n) is 43.0. The van der Waals surface area contributed by atoms with Crippen LogP contribution in [0.5, 0.6) is 0 Å². The van der Waals surface area contributed by atoms with Crippen molar-refractivity contribution in [3.8, 4) is 34.7 Å². The molecule has 2 atom stereocenters. The van der Waals surface area contributed by atoms with Crippen molar-refractivity contribution in [2.75, 3.05) is 50.1 Å². The molecule has 0 aliphatic carbocycles. The number of aryl methyl sites for hydroxylation is 2. The van der Waals surface area contributed by atoms with Crippen LogP contribution in [0.3, 0.4) is 0 Å². The van der Waals surface area contributed by atoms with E-state index in [-0.39, 0.29) is 22.9 Å². The summed E-state index contributed by atoms with van der Waals surface area (Å²) in [6.07, 6.45) is 9.69. The highest BCUT2D eigenvalue weighted by Crippen LogP contribution is 2.42. The number of anilines is 2. The zero-order chi connectivity index (χ0) is 51.7. The topological polar surface area (TPSA) is 178 Å². The maximum Gasteiger partial charge on any atom is 0.223 e. The molecule has 2 saturated heterocycles. The number of piperidine rings is 2. The van der Waals surface area contributed by atoms with E-state index in [0.29, 0.717) is 28.3 Å². The number of nitrogens with zero attached hydrogens (tertiary/aromatic N) is 8. The van der Waals surface area contributed by atoms with Crippen LogP contribution in [0.25, 0.3) is 44.3 Å². The van der Waals surface area contributed by atoms with E-state index < -0.39 is 7.14 Å². The lowest BCUT2D eigenvalue weighted by molar-refractivity contribution is 0.101. The maximum atomic E-state index is 13.1. The SMILES string of the molecule is Cc1cnc(N[C@@H]2CN(Cc3ccccc3)CC(C)(C)C2)nc1-c1c[nH]c2c(Br)c(C#N)ccc12.Cc1cnc(N[C@@H]2CN(Cc3ccccc3)CC(C)(C)C2)nc1-c1c[nH]c2c(P(C)(C)=O)c(C#N)ccc12. The van der Waals surface area contributed by atoms with Gasteiger partial charge in [0.25, 0.3) is 0 Å². The summed E-state index contributed by atoms with van der Waals surface area (Å²) < 4.78 is 13.9. The van der Waals surface area contributed by atoms with E-state index in [4.69, 9.17) is 9.97 Å². The Bertz CT molecular complexity index is 3420. The van der Waals surface area contributed by atoms with Gasteiger partial charge in [0.05, 0.1) is 49.4 Å². The fourth-order valence-corrected chi connectivity index (χ4v) is 13.1. The lowest BCUT2D eigenvalue weighted by Crippen LogP contribution is -2.49. The summed E-state index contributed by atoms with van der Waals surface area (Å²) in [6, 6.07) is 33.7. The Labute approximate surface area is 437 Å². The van der Waals surface area contributed by atoms with Gasteiger partial charge in [0.1, 0.15) is 13.2 Å². The molecule has 4 N–H and O–H groups in total. The minimum absolute atomic E-state index is 0.165. The Hall–Kier alpha value is -6.67. The maximum absolute atomic E-state index is 13.1. The Morgan fingerprint density at radius 2 is 1.11 bits per heavy atom. The highest BCUT2D eigenvalue weighted by atomic mass is 79.9. The molecule has 15 heteroatoms. The first-order chi connectivity index (χ1) is 34.9. The average molecular weight is 1060 g/mol. The monoisotopic (exact) mass is 1050 g/mol. The van der Waals surface area contributed by atoms with Crippen LogP contribution in [0, 0.1) is 47.3 Å². The third kappa shape index (κ3) is 11.7. The first-order valence-corrected chi connectivity index (χ1v) is 28.3. The lowest BCUT2D eigenvalue weighted by Gasteiger charge is -2.42. The van der Waals surface area contributed by atoms with Gasteiger partial charge in [0, 0.05) is 98.0 Å². The van der Waals surface area contributed by atoms with Crippen LogP contribution < -0.4 is 15.9 Å². The summed E-state index contributed by atoms with van der Waals surface area (Å²) in [6.45, 7) is 22.6. The van der Waals surface area contributed by atoms with E-state index in [2.05, 4.69) is 157 Å². The molecular weight excluding hydrogens is 992 g/mol. The van der Waals surface area contributed by atoms with Crippen LogP contribution in [0.1, 0.15) is 73.9 Å². The molecular formula is C58H64BrN12OP. The highest BCUT2D eigenvalue weighted by molar-refractivity contribution is 9.10. The summed E-state index contributed by atoms with van der Waals surface area (Å²) >= 11 is 3.56. The van der Waals surface area contributed by atoms with Crippen molar-refractivity contribution in [1.29, 1.82) is 10.5 Å². The highest BCUT2D eigenvalue weighted by Gasteiger charge is 2.35. The standard InChI is InChI=1S/C30H35N6OP.C28H29BrN6/c1-20-15-33-29(34-23-13-30(2,3)19-36(18-23)17-21-9-7-6-8-10-21)35-26(20)25-16-32-27-24(25)12-11-22(14-31)28(27)38(4,5)37;1-18-13-32-27(34-25(18)23-14-31-26-22(23)10-9-20(12-30)24(26)29)33-21-11-28(2,3)17-35(16-21)15-19-7-5-4-6-8-19/h6-12,15-16,23,32H,13,17-19H2,1-5H3,(H,33,34,35);4-10,13-14,21,31H,11,15-17H2,1-3H3,(H,32,33,34)/t23-;21-/m00/s1. The molecule has 8 aromatic rings. The minimum atomic E-state index is -2.69. The van der Waals surface area contributed by atoms with E-state index in [1.54, 1.807) is 19.4 Å². The molecule has 0 saturated carbocycles. The van der Waals surface area contributed by atoms with E-state index in [0.717, 1.165) is 112 Å². The number of rotatable bonds is 11. The molecule has 2 fully saturated rings. The lowest BCUT2D eigenvalue weighted by atomic mass is 9.81. The number of likely N-dealkylation sites (tertiary alicyclic amines) is 2. The molecule has 10 rings (SSSR count). The number of nitriles is 2. The molecule has 4 aromatic carbocycles. The summed E-state index contributed by atoms with van der Waals surface area (Å²) in [5.41, 5.74) is 11.3. The van der Waals surface area contributed by atoms with Crippen molar-refractivity contribution >= 4 is 62.1 Å². The van der Waals surface area contributed by atoms with E-state index in [9.17, 15) is 15.1 Å². The van der Waals surface area contributed by atoms with Gasteiger partial charge in [-0.15, -0.1) is 0 Å². The van der Waals surface area contributed by atoms with Gasteiger partial charge in [-0.05, 0) is 101 Å². The Balaban J connectivity index is 0.000000180. The third-order valence-corrected chi connectivity index (χ3v) is 16.2.